The van der Waals surface area contributed by atoms with Gasteiger partial charge < -0.3 is 4.74 Å². The molecule has 88 valence electrons. The van der Waals surface area contributed by atoms with Crippen molar-refractivity contribution in [1.82, 2.24) is 0 Å². The molecule has 0 spiro atoms. The molecular formula is C14H20O2. The molecule has 2 heteroatoms. The zero-order valence-electron chi connectivity index (χ0n) is 10.2. The van der Waals surface area contributed by atoms with Gasteiger partial charge in [0.25, 0.3) is 0 Å². The van der Waals surface area contributed by atoms with Crippen molar-refractivity contribution in [2.24, 2.45) is 0 Å². The summed E-state index contributed by atoms with van der Waals surface area (Å²) in [6, 6.07) is 7.36. The molecule has 0 aromatic heterocycles. The smallest absolute Gasteiger partial charge is 0.223 e. The number of hydrogen-bond acceptors (Lipinski definition) is 2. The van der Waals surface area contributed by atoms with E-state index < -0.39 is 0 Å². The summed E-state index contributed by atoms with van der Waals surface area (Å²) in [5.74, 6) is 0.440. The molecule has 1 rings (SSSR count). The second-order valence-corrected chi connectivity index (χ2v) is 3.95. The number of unbranched alkanes of at least 4 members (excludes halogenated alkanes) is 3. The normalized spacial score (nSPS) is 10.1. The molecule has 0 amide bonds. The minimum Gasteiger partial charge on any atom is -0.493 e. The highest BCUT2D eigenvalue weighted by Gasteiger charge is 2.02. The van der Waals surface area contributed by atoms with Crippen molar-refractivity contribution in [2.45, 2.75) is 39.0 Å². The van der Waals surface area contributed by atoms with Crippen LogP contribution in [0.15, 0.2) is 29.1 Å². The van der Waals surface area contributed by atoms with E-state index in [0.29, 0.717) is 5.75 Å². The first kappa shape index (κ1) is 12.8. The fraction of sp³-hybridized carbons (Fsp3) is 0.500. The van der Waals surface area contributed by atoms with Crippen molar-refractivity contribution in [3.05, 3.63) is 40.1 Å². The third kappa shape index (κ3) is 3.69. The Morgan fingerprint density at radius 1 is 1.12 bits per heavy atom. The van der Waals surface area contributed by atoms with E-state index in [0.717, 1.165) is 18.4 Å². The summed E-state index contributed by atoms with van der Waals surface area (Å²) in [7, 11) is 1.54. The Bertz CT molecular complexity index is 371. The van der Waals surface area contributed by atoms with Crippen LogP contribution < -0.4 is 10.2 Å². The zero-order chi connectivity index (χ0) is 11.8. The average Bonchev–Trinajstić information content (AvgIpc) is 2.47. The topological polar surface area (TPSA) is 26.3 Å². The van der Waals surface area contributed by atoms with Gasteiger partial charge in [-0.2, -0.15) is 0 Å². The Hall–Kier alpha value is -1.31. The number of aryl methyl sites for hydroxylation is 1. The van der Waals surface area contributed by atoms with Crippen molar-refractivity contribution < 1.29 is 4.74 Å². The van der Waals surface area contributed by atoms with Gasteiger partial charge in [0.2, 0.25) is 5.43 Å². The summed E-state index contributed by atoms with van der Waals surface area (Å²) in [5.41, 5.74) is 0.891. The molecule has 0 bridgehead atoms. The highest BCUT2D eigenvalue weighted by molar-refractivity contribution is 5.27. The van der Waals surface area contributed by atoms with Crippen LogP contribution in [0.3, 0.4) is 0 Å². The Kier molecular flexibility index (Phi) is 5.62. The van der Waals surface area contributed by atoms with E-state index in [9.17, 15) is 4.79 Å². The summed E-state index contributed by atoms with van der Waals surface area (Å²) in [4.78, 5) is 11.9. The maximum Gasteiger partial charge on any atom is 0.223 e. The molecule has 2 nitrogen and oxygen atoms in total. The molecule has 0 aliphatic carbocycles. The van der Waals surface area contributed by atoms with E-state index in [1.54, 1.807) is 6.07 Å². The van der Waals surface area contributed by atoms with Gasteiger partial charge >= 0.3 is 0 Å². The van der Waals surface area contributed by atoms with Gasteiger partial charge in [-0.15, -0.1) is 0 Å². The molecule has 0 aliphatic heterocycles. The van der Waals surface area contributed by atoms with E-state index in [-0.39, 0.29) is 5.43 Å². The molecule has 1 aromatic rings. The molecular weight excluding hydrogens is 200 g/mol. The van der Waals surface area contributed by atoms with E-state index >= 15 is 0 Å². The summed E-state index contributed by atoms with van der Waals surface area (Å²) in [6.07, 6.45) is 5.58. The van der Waals surface area contributed by atoms with Crippen LogP contribution in [0.1, 0.15) is 38.2 Å². The monoisotopic (exact) mass is 220 g/mol. The van der Waals surface area contributed by atoms with Crippen LogP contribution in [-0.2, 0) is 6.42 Å². The first-order valence-electron chi connectivity index (χ1n) is 5.95. The molecule has 0 aliphatic rings. The van der Waals surface area contributed by atoms with Crippen LogP contribution in [-0.4, -0.2) is 7.11 Å². The largest absolute Gasteiger partial charge is 0.493 e. The minimum atomic E-state index is 0.0315. The van der Waals surface area contributed by atoms with E-state index in [1.807, 2.05) is 18.2 Å². The van der Waals surface area contributed by atoms with Crippen LogP contribution >= 0.6 is 0 Å². The number of methoxy groups -OCH3 is 1. The fourth-order valence-electron chi connectivity index (χ4n) is 1.72. The second kappa shape index (κ2) is 7.04. The van der Waals surface area contributed by atoms with Crippen LogP contribution in [0.2, 0.25) is 0 Å². The first-order chi connectivity index (χ1) is 7.79. The zero-order valence-corrected chi connectivity index (χ0v) is 10.2. The average molecular weight is 220 g/mol. The van der Waals surface area contributed by atoms with Gasteiger partial charge in [0.15, 0.2) is 5.75 Å². The van der Waals surface area contributed by atoms with Gasteiger partial charge in [-0.25, -0.2) is 0 Å². The molecule has 0 saturated heterocycles. The molecule has 16 heavy (non-hydrogen) atoms. The highest BCUT2D eigenvalue weighted by Crippen LogP contribution is 2.07. The maximum atomic E-state index is 11.9. The van der Waals surface area contributed by atoms with E-state index in [4.69, 9.17) is 4.74 Å². The molecule has 0 fully saturated rings. The number of rotatable bonds is 6. The first-order valence-corrected chi connectivity index (χ1v) is 5.95. The number of hydrogen-bond donors (Lipinski definition) is 0. The molecule has 0 unspecified atom stereocenters. The van der Waals surface area contributed by atoms with Crippen LogP contribution in [0.4, 0.5) is 0 Å². The SMILES string of the molecule is CCCCCCc1ccccc(OC)c1=O. The quantitative estimate of drug-likeness (QED) is 0.688. The van der Waals surface area contributed by atoms with Gasteiger partial charge in [-0.05, 0) is 18.9 Å². The van der Waals surface area contributed by atoms with Gasteiger partial charge in [0, 0.05) is 5.56 Å². The van der Waals surface area contributed by atoms with Crippen molar-refractivity contribution in [3.8, 4) is 5.75 Å². The molecule has 0 saturated carbocycles. The third-order valence-electron chi connectivity index (χ3n) is 2.69. The van der Waals surface area contributed by atoms with Crippen molar-refractivity contribution >= 4 is 0 Å². The second-order valence-electron chi connectivity index (χ2n) is 3.95. The summed E-state index contributed by atoms with van der Waals surface area (Å²) >= 11 is 0. The Labute approximate surface area is 97.3 Å². The van der Waals surface area contributed by atoms with Crippen molar-refractivity contribution in [2.75, 3.05) is 7.11 Å². The third-order valence-corrected chi connectivity index (χ3v) is 2.69. The molecule has 0 atom stereocenters. The van der Waals surface area contributed by atoms with E-state index in [1.165, 1.54) is 26.4 Å². The fourth-order valence-corrected chi connectivity index (χ4v) is 1.72. The molecule has 1 aromatic carbocycles. The predicted molar refractivity (Wildman–Crippen MR) is 67.1 cm³/mol. The Balaban J connectivity index is 2.73. The Morgan fingerprint density at radius 3 is 2.56 bits per heavy atom. The minimum absolute atomic E-state index is 0.0315. The lowest BCUT2D eigenvalue weighted by Crippen LogP contribution is -2.08. The predicted octanol–water partition coefficient (Wildman–Crippen LogP) is 3.18. The van der Waals surface area contributed by atoms with Gasteiger partial charge in [-0.1, -0.05) is 44.4 Å². The summed E-state index contributed by atoms with van der Waals surface area (Å²) in [6.45, 7) is 2.19. The molecule has 0 radical (unpaired) electrons. The van der Waals surface area contributed by atoms with Crippen LogP contribution in [0.25, 0.3) is 0 Å². The van der Waals surface area contributed by atoms with E-state index in [2.05, 4.69) is 6.92 Å². The summed E-state index contributed by atoms with van der Waals surface area (Å²) < 4.78 is 5.06. The van der Waals surface area contributed by atoms with Crippen molar-refractivity contribution in [1.29, 1.82) is 0 Å². The van der Waals surface area contributed by atoms with Gasteiger partial charge in [0.05, 0.1) is 7.11 Å². The van der Waals surface area contributed by atoms with Gasteiger partial charge in [0.1, 0.15) is 0 Å². The lowest BCUT2D eigenvalue weighted by Gasteiger charge is -1.99. The molecule has 0 heterocycles. The maximum absolute atomic E-state index is 11.9. The lowest BCUT2D eigenvalue weighted by atomic mass is 10.1. The Morgan fingerprint density at radius 2 is 1.88 bits per heavy atom. The van der Waals surface area contributed by atoms with Crippen molar-refractivity contribution in [3.63, 3.8) is 0 Å². The standard InChI is InChI=1S/C14H20O2/c1-3-4-5-6-9-12-10-7-8-11-13(16-2)14(12)15/h7-8,10-11H,3-6,9H2,1-2H3. The molecule has 0 N–H and O–H groups in total. The van der Waals surface area contributed by atoms with Gasteiger partial charge in [-0.3, -0.25) is 4.79 Å². The van der Waals surface area contributed by atoms with Crippen LogP contribution in [0, 0.1) is 0 Å². The highest BCUT2D eigenvalue weighted by atomic mass is 16.5. The lowest BCUT2D eigenvalue weighted by molar-refractivity contribution is 0.410. The van der Waals surface area contributed by atoms with Crippen LogP contribution in [0.5, 0.6) is 5.75 Å². The summed E-state index contributed by atoms with van der Waals surface area (Å²) in [5, 5.41) is 0. The number of ether oxygens (including phenoxy) is 1.